The number of para-hydroxylation sites is 1. The molecule has 0 radical (unpaired) electrons. The highest BCUT2D eigenvalue weighted by Gasteiger charge is 2.14. The number of nitrogens with zero attached hydrogens (tertiary/aromatic N) is 2. The van der Waals surface area contributed by atoms with Crippen molar-refractivity contribution in [3.8, 4) is 0 Å². The Morgan fingerprint density at radius 2 is 1.56 bits per heavy atom. The van der Waals surface area contributed by atoms with E-state index in [1.807, 2.05) is 43.3 Å². The van der Waals surface area contributed by atoms with Crippen LogP contribution in [0.25, 0.3) is 0 Å². The Morgan fingerprint density at radius 1 is 0.926 bits per heavy atom. The van der Waals surface area contributed by atoms with Gasteiger partial charge in [-0.3, -0.25) is 4.79 Å². The van der Waals surface area contributed by atoms with Gasteiger partial charge in [-0.05, 0) is 48.5 Å². The van der Waals surface area contributed by atoms with Gasteiger partial charge in [0.15, 0.2) is 0 Å². The van der Waals surface area contributed by atoms with E-state index < -0.39 is 23.2 Å². The molecule has 138 valence electrons. The molecule has 2 N–H and O–H groups in total. The highest BCUT2D eigenvalue weighted by Crippen LogP contribution is 2.21. The molecule has 27 heavy (non-hydrogen) atoms. The molecule has 1 amide bonds. The van der Waals surface area contributed by atoms with Gasteiger partial charge in [-0.1, -0.05) is 6.07 Å². The van der Waals surface area contributed by atoms with Crippen LogP contribution in [0.3, 0.4) is 0 Å². The number of aromatic nitrogens is 1. The molecule has 0 unspecified atom stereocenters. The molecule has 0 bridgehead atoms. The summed E-state index contributed by atoms with van der Waals surface area (Å²) in [6, 6.07) is 14.3. The van der Waals surface area contributed by atoms with Crippen molar-refractivity contribution in [2.75, 3.05) is 29.6 Å². The number of rotatable bonds is 5. The van der Waals surface area contributed by atoms with Gasteiger partial charge in [0.2, 0.25) is 0 Å². The number of halogens is 2. The predicted octanol–water partition coefficient (Wildman–Crippen LogP) is 4.42. The molecule has 0 saturated heterocycles. The minimum atomic E-state index is -0.845. The number of carbonyl (C=O) groups is 1. The molecule has 0 saturated carbocycles. The van der Waals surface area contributed by atoms with Crippen molar-refractivity contribution in [1.82, 2.24) is 4.98 Å². The molecule has 0 spiro atoms. The van der Waals surface area contributed by atoms with Gasteiger partial charge in [0, 0.05) is 25.5 Å². The smallest absolute Gasteiger partial charge is 0.274 e. The van der Waals surface area contributed by atoms with E-state index in [0.29, 0.717) is 5.69 Å². The number of hydrogen-bond acceptors (Lipinski definition) is 4. The van der Waals surface area contributed by atoms with Gasteiger partial charge in [0.05, 0.1) is 11.9 Å². The standard InChI is InChI=1S/C20H18F2N4O/c1-26(2)15-9-6-13(7-10-15)24-14-8-11-18(23-12-14)20(27)25-19-16(21)4-3-5-17(19)22/h3-12,24H,1-2H3,(H,25,27). The van der Waals surface area contributed by atoms with Crippen LogP contribution in [0.2, 0.25) is 0 Å². The van der Waals surface area contributed by atoms with Gasteiger partial charge in [-0.25, -0.2) is 13.8 Å². The van der Waals surface area contributed by atoms with Crippen LogP contribution < -0.4 is 15.5 Å². The molecule has 1 aromatic heterocycles. The van der Waals surface area contributed by atoms with E-state index in [-0.39, 0.29) is 5.69 Å². The topological polar surface area (TPSA) is 57.3 Å². The number of benzene rings is 2. The molecule has 0 fully saturated rings. The van der Waals surface area contributed by atoms with Gasteiger partial charge in [-0.2, -0.15) is 0 Å². The first-order valence-electron chi connectivity index (χ1n) is 8.20. The number of amides is 1. The van der Waals surface area contributed by atoms with Gasteiger partial charge in [-0.15, -0.1) is 0 Å². The van der Waals surface area contributed by atoms with E-state index in [1.54, 1.807) is 6.07 Å². The quantitative estimate of drug-likeness (QED) is 0.700. The maximum atomic E-state index is 13.6. The fourth-order valence-corrected chi connectivity index (χ4v) is 2.41. The van der Waals surface area contributed by atoms with E-state index in [4.69, 9.17) is 0 Å². The molecule has 0 atom stereocenters. The Morgan fingerprint density at radius 3 is 2.11 bits per heavy atom. The zero-order chi connectivity index (χ0) is 19.4. The summed E-state index contributed by atoms with van der Waals surface area (Å²) in [5.41, 5.74) is 2.18. The molecule has 0 aliphatic carbocycles. The first-order chi connectivity index (χ1) is 12.9. The second-order valence-electron chi connectivity index (χ2n) is 6.05. The van der Waals surface area contributed by atoms with Crippen LogP contribution in [0.4, 0.5) is 31.5 Å². The molecule has 7 heteroatoms. The highest BCUT2D eigenvalue weighted by molar-refractivity contribution is 6.03. The predicted molar refractivity (Wildman–Crippen MR) is 103 cm³/mol. The van der Waals surface area contributed by atoms with E-state index in [2.05, 4.69) is 15.6 Å². The molecular weight excluding hydrogens is 350 g/mol. The van der Waals surface area contributed by atoms with Crippen LogP contribution in [0.5, 0.6) is 0 Å². The van der Waals surface area contributed by atoms with Gasteiger partial charge in [0.1, 0.15) is 23.0 Å². The number of anilines is 4. The average Bonchev–Trinajstić information content (AvgIpc) is 2.66. The summed E-state index contributed by atoms with van der Waals surface area (Å²) >= 11 is 0. The van der Waals surface area contributed by atoms with Crippen molar-refractivity contribution in [3.05, 3.63) is 78.1 Å². The molecule has 5 nitrogen and oxygen atoms in total. The average molecular weight is 368 g/mol. The monoisotopic (exact) mass is 368 g/mol. The van der Waals surface area contributed by atoms with Crippen LogP contribution >= 0.6 is 0 Å². The third-order valence-corrected chi connectivity index (χ3v) is 3.87. The molecule has 3 rings (SSSR count). The maximum Gasteiger partial charge on any atom is 0.274 e. The Hall–Kier alpha value is -3.48. The fraction of sp³-hybridized carbons (Fsp3) is 0.100. The van der Waals surface area contributed by atoms with Crippen LogP contribution in [0.1, 0.15) is 10.5 Å². The first kappa shape index (κ1) is 18.3. The number of pyridine rings is 1. The molecule has 2 aromatic carbocycles. The Kier molecular flexibility index (Phi) is 5.30. The molecule has 3 aromatic rings. The molecular formula is C20H18F2N4O. The lowest BCUT2D eigenvalue weighted by Crippen LogP contribution is -2.15. The highest BCUT2D eigenvalue weighted by atomic mass is 19.1. The Bertz CT molecular complexity index is 921. The lowest BCUT2D eigenvalue weighted by atomic mass is 10.2. The van der Waals surface area contributed by atoms with Gasteiger partial charge < -0.3 is 15.5 Å². The largest absolute Gasteiger partial charge is 0.378 e. The number of carbonyl (C=O) groups excluding carboxylic acids is 1. The van der Waals surface area contributed by atoms with Crippen molar-refractivity contribution in [2.45, 2.75) is 0 Å². The first-order valence-corrected chi connectivity index (χ1v) is 8.20. The van der Waals surface area contributed by atoms with Crippen molar-refractivity contribution in [1.29, 1.82) is 0 Å². The normalized spacial score (nSPS) is 10.4. The summed E-state index contributed by atoms with van der Waals surface area (Å²) in [6.45, 7) is 0. The second-order valence-corrected chi connectivity index (χ2v) is 6.05. The van der Waals surface area contributed by atoms with Crippen molar-refractivity contribution in [3.63, 3.8) is 0 Å². The van der Waals surface area contributed by atoms with E-state index in [0.717, 1.165) is 23.5 Å². The van der Waals surface area contributed by atoms with Gasteiger partial charge >= 0.3 is 0 Å². The summed E-state index contributed by atoms with van der Waals surface area (Å²) in [7, 11) is 3.92. The number of nitrogens with one attached hydrogen (secondary N) is 2. The summed E-state index contributed by atoms with van der Waals surface area (Å²) in [6.07, 6.45) is 1.48. The minimum Gasteiger partial charge on any atom is -0.378 e. The van der Waals surface area contributed by atoms with Crippen LogP contribution in [0.15, 0.2) is 60.8 Å². The van der Waals surface area contributed by atoms with E-state index in [1.165, 1.54) is 18.3 Å². The van der Waals surface area contributed by atoms with E-state index >= 15 is 0 Å². The number of hydrogen-bond donors (Lipinski definition) is 2. The summed E-state index contributed by atoms with van der Waals surface area (Å²) in [5.74, 6) is -2.38. The molecule has 0 aliphatic heterocycles. The summed E-state index contributed by atoms with van der Waals surface area (Å²) in [5, 5.41) is 5.38. The second kappa shape index (κ2) is 7.82. The summed E-state index contributed by atoms with van der Waals surface area (Å²) in [4.78, 5) is 18.2. The lowest BCUT2D eigenvalue weighted by Gasteiger charge is -2.13. The Labute approximate surface area is 155 Å². The van der Waals surface area contributed by atoms with E-state index in [9.17, 15) is 13.6 Å². The van der Waals surface area contributed by atoms with Crippen molar-refractivity contribution >= 4 is 28.7 Å². The SMILES string of the molecule is CN(C)c1ccc(Nc2ccc(C(=O)Nc3c(F)cccc3F)nc2)cc1. The molecule has 1 heterocycles. The van der Waals surface area contributed by atoms with Crippen molar-refractivity contribution < 1.29 is 13.6 Å². The van der Waals surface area contributed by atoms with Gasteiger partial charge in [0.25, 0.3) is 5.91 Å². The third kappa shape index (κ3) is 4.38. The minimum absolute atomic E-state index is 0.0474. The third-order valence-electron chi connectivity index (χ3n) is 3.87. The lowest BCUT2D eigenvalue weighted by molar-refractivity contribution is 0.102. The zero-order valence-electron chi connectivity index (χ0n) is 14.8. The van der Waals surface area contributed by atoms with Crippen LogP contribution in [0, 0.1) is 11.6 Å². The van der Waals surface area contributed by atoms with Crippen LogP contribution in [-0.4, -0.2) is 25.0 Å². The maximum absolute atomic E-state index is 13.6. The fourth-order valence-electron chi connectivity index (χ4n) is 2.41. The Balaban J connectivity index is 1.68. The summed E-state index contributed by atoms with van der Waals surface area (Å²) < 4.78 is 27.2. The van der Waals surface area contributed by atoms with Crippen molar-refractivity contribution in [2.24, 2.45) is 0 Å². The van der Waals surface area contributed by atoms with Crippen LogP contribution in [-0.2, 0) is 0 Å². The molecule has 0 aliphatic rings. The zero-order valence-corrected chi connectivity index (χ0v) is 14.8.